The minimum Gasteiger partial charge on any atom is -0.266 e. The van der Waals surface area contributed by atoms with E-state index in [9.17, 15) is 4.79 Å². The van der Waals surface area contributed by atoms with Crippen LogP contribution in [0.1, 0.15) is 17.2 Å². The van der Waals surface area contributed by atoms with Crippen molar-refractivity contribution >= 4 is 5.91 Å². The van der Waals surface area contributed by atoms with Gasteiger partial charge in [0.15, 0.2) is 0 Å². The summed E-state index contributed by atoms with van der Waals surface area (Å²) < 4.78 is 0. The third-order valence-electron chi connectivity index (χ3n) is 2.12. The summed E-state index contributed by atoms with van der Waals surface area (Å²) in [5.74, 6) is -0.284. The lowest BCUT2D eigenvalue weighted by Gasteiger charge is -2.08. The van der Waals surface area contributed by atoms with Gasteiger partial charge in [0.05, 0.1) is 0 Å². The van der Waals surface area contributed by atoms with Crippen LogP contribution in [0.15, 0.2) is 46.6 Å². The fourth-order valence-electron chi connectivity index (χ4n) is 1.31. The van der Waals surface area contributed by atoms with Crippen LogP contribution in [0.25, 0.3) is 0 Å². The van der Waals surface area contributed by atoms with Gasteiger partial charge in [0, 0.05) is 6.08 Å². The monoisotopic (exact) mass is 186 g/mol. The molecule has 1 heterocycles. The summed E-state index contributed by atoms with van der Waals surface area (Å²) in [4.78, 5) is 10.7. The molecule has 70 valence electrons. The van der Waals surface area contributed by atoms with E-state index in [1.807, 2.05) is 31.2 Å². The maximum absolute atomic E-state index is 10.7. The molecule has 0 bridgehead atoms. The Hall–Kier alpha value is -1.77. The van der Waals surface area contributed by atoms with Gasteiger partial charge in [-0.2, -0.15) is 5.11 Å². The number of benzene rings is 1. The van der Waals surface area contributed by atoms with Gasteiger partial charge >= 0.3 is 0 Å². The molecular formula is C11H10N2O. The topological polar surface area (TPSA) is 41.8 Å². The molecule has 0 N–H and O–H groups in total. The lowest BCUT2D eigenvalue weighted by atomic mass is 10.1. The maximum Gasteiger partial charge on any atom is 0.287 e. The fourth-order valence-corrected chi connectivity index (χ4v) is 1.31. The number of carbonyl (C=O) groups is 1. The lowest BCUT2D eigenvalue weighted by Crippen LogP contribution is -1.98. The summed E-state index contributed by atoms with van der Waals surface area (Å²) in [5.41, 5.74) is 2.27. The summed E-state index contributed by atoms with van der Waals surface area (Å²) >= 11 is 0. The van der Waals surface area contributed by atoms with Gasteiger partial charge in [-0.15, -0.1) is 5.11 Å². The molecule has 1 unspecified atom stereocenters. The van der Waals surface area contributed by atoms with E-state index in [0.29, 0.717) is 0 Å². The highest BCUT2D eigenvalue weighted by molar-refractivity contribution is 5.88. The first-order valence-electron chi connectivity index (χ1n) is 4.45. The number of rotatable bonds is 1. The Balaban J connectivity index is 2.24. The summed E-state index contributed by atoms with van der Waals surface area (Å²) in [7, 11) is 0. The summed E-state index contributed by atoms with van der Waals surface area (Å²) in [6.07, 6.45) is 3.22. The first-order valence-corrected chi connectivity index (χ1v) is 4.45. The quantitative estimate of drug-likeness (QED) is 0.664. The summed E-state index contributed by atoms with van der Waals surface area (Å²) in [5, 5.41) is 7.41. The Morgan fingerprint density at radius 3 is 2.50 bits per heavy atom. The van der Waals surface area contributed by atoms with Crippen molar-refractivity contribution in [1.29, 1.82) is 0 Å². The average Bonchev–Trinajstić information content (AvgIpc) is 2.21. The molecule has 0 saturated heterocycles. The number of azo groups is 1. The van der Waals surface area contributed by atoms with E-state index in [-0.39, 0.29) is 11.9 Å². The number of aryl methyl sites for hydroxylation is 1. The zero-order chi connectivity index (χ0) is 9.97. The van der Waals surface area contributed by atoms with Gasteiger partial charge in [-0.05, 0) is 18.6 Å². The molecule has 1 atom stereocenters. The van der Waals surface area contributed by atoms with Crippen molar-refractivity contribution in [2.24, 2.45) is 10.2 Å². The van der Waals surface area contributed by atoms with E-state index in [1.165, 1.54) is 11.6 Å². The zero-order valence-corrected chi connectivity index (χ0v) is 7.84. The first-order chi connectivity index (χ1) is 6.75. The predicted octanol–water partition coefficient (Wildman–Crippen LogP) is 2.58. The Morgan fingerprint density at radius 2 is 1.93 bits per heavy atom. The molecule has 1 aromatic carbocycles. The second-order valence-corrected chi connectivity index (χ2v) is 3.27. The molecule has 0 aliphatic carbocycles. The third kappa shape index (κ3) is 1.76. The van der Waals surface area contributed by atoms with Crippen LogP contribution in [-0.4, -0.2) is 5.91 Å². The molecule has 1 amide bonds. The lowest BCUT2D eigenvalue weighted by molar-refractivity contribution is -0.114. The molecule has 3 nitrogen and oxygen atoms in total. The van der Waals surface area contributed by atoms with Crippen molar-refractivity contribution < 1.29 is 4.79 Å². The smallest absolute Gasteiger partial charge is 0.266 e. The largest absolute Gasteiger partial charge is 0.287 e. The van der Waals surface area contributed by atoms with E-state index in [2.05, 4.69) is 10.2 Å². The highest BCUT2D eigenvalue weighted by atomic mass is 16.1. The molecule has 1 aliphatic rings. The van der Waals surface area contributed by atoms with Crippen molar-refractivity contribution in [1.82, 2.24) is 0 Å². The standard InChI is InChI=1S/C11H10N2O/c1-8-2-4-9(5-3-8)10-6-7-11(14)13-12-10/h2-7,10H,1H3. The molecule has 0 fully saturated rings. The Bertz CT molecular complexity index is 388. The van der Waals surface area contributed by atoms with Crippen LogP contribution in [0, 0.1) is 6.92 Å². The normalized spacial score (nSPS) is 20.1. The first kappa shape index (κ1) is 8.81. The summed E-state index contributed by atoms with van der Waals surface area (Å²) in [6, 6.07) is 7.94. The second kappa shape index (κ2) is 3.54. The molecule has 1 aliphatic heterocycles. The number of carbonyl (C=O) groups excluding carboxylic acids is 1. The number of amides is 1. The van der Waals surface area contributed by atoms with Crippen LogP contribution in [0.3, 0.4) is 0 Å². The highest BCUT2D eigenvalue weighted by Crippen LogP contribution is 2.22. The van der Waals surface area contributed by atoms with Gasteiger partial charge in [-0.25, -0.2) is 0 Å². The van der Waals surface area contributed by atoms with Crippen molar-refractivity contribution in [2.45, 2.75) is 13.0 Å². The van der Waals surface area contributed by atoms with Gasteiger partial charge in [-0.1, -0.05) is 29.8 Å². The van der Waals surface area contributed by atoms with E-state index in [1.54, 1.807) is 6.08 Å². The molecule has 3 heteroatoms. The SMILES string of the molecule is Cc1ccc(C2C=CC(=O)N=N2)cc1. The summed E-state index contributed by atoms with van der Waals surface area (Å²) in [6.45, 7) is 2.03. The van der Waals surface area contributed by atoms with Gasteiger partial charge in [0.25, 0.3) is 5.91 Å². The predicted molar refractivity (Wildman–Crippen MR) is 52.9 cm³/mol. The van der Waals surface area contributed by atoms with Crippen molar-refractivity contribution in [3.63, 3.8) is 0 Å². The minimum atomic E-state index is -0.284. The van der Waals surface area contributed by atoms with Gasteiger partial charge < -0.3 is 0 Å². The Labute approximate surface area is 82.2 Å². The highest BCUT2D eigenvalue weighted by Gasteiger charge is 2.10. The van der Waals surface area contributed by atoms with Crippen molar-refractivity contribution in [3.05, 3.63) is 47.5 Å². The number of hydrogen-bond acceptors (Lipinski definition) is 2. The van der Waals surface area contributed by atoms with Crippen LogP contribution in [0.2, 0.25) is 0 Å². The minimum absolute atomic E-state index is 0.103. The van der Waals surface area contributed by atoms with Crippen LogP contribution in [-0.2, 0) is 4.79 Å². The van der Waals surface area contributed by atoms with E-state index in [4.69, 9.17) is 0 Å². The number of hydrogen-bond donors (Lipinski definition) is 0. The maximum atomic E-state index is 10.7. The molecule has 0 saturated carbocycles. The van der Waals surface area contributed by atoms with Crippen LogP contribution < -0.4 is 0 Å². The van der Waals surface area contributed by atoms with Gasteiger partial charge in [-0.3, -0.25) is 4.79 Å². The molecule has 0 aromatic heterocycles. The van der Waals surface area contributed by atoms with E-state index in [0.717, 1.165) is 5.56 Å². The third-order valence-corrected chi connectivity index (χ3v) is 2.12. The molecule has 0 spiro atoms. The van der Waals surface area contributed by atoms with Gasteiger partial charge in [0.1, 0.15) is 6.04 Å². The average molecular weight is 186 g/mol. The van der Waals surface area contributed by atoms with Crippen molar-refractivity contribution in [3.8, 4) is 0 Å². The second-order valence-electron chi connectivity index (χ2n) is 3.27. The zero-order valence-electron chi connectivity index (χ0n) is 7.84. The van der Waals surface area contributed by atoms with Crippen LogP contribution >= 0.6 is 0 Å². The molecule has 1 aromatic rings. The fraction of sp³-hybridized carbons (Fsp3) is 0.182. The molecule has 14 heavy (non-hydrogen) atoms. The van der Waals surface area contributed by atoms with E-state index < -0.39 is 0 Å². The molecule has 0 radical (unpaired) electrons. The van der Waals surface area contributed by atoms with Crippen LogP contribution in [0.5, 0.6) is 0 Å². The Kier molecular flexibility index (Phi) is 2.23. The molecular weight excluding hydrogens is 176 g/mol. The molecule has 2 rings (SSSR count). The Morgan fingerprint density at radius 1 is 1.21 bits per heavy atom. The van der Waals surface area contributed by atoms with Gasteiger partial charge in [0.2, 0.25) is 0 Å². The van der Waals surface area contributed by atoms with Crippen molar-refractivity contribution in [2.75, 3.05) is 0 Å². The van der Waals surface area contributed by atoms with E-state index >= 15 is 0 Å². The van der Waals surface area contributed by atoms with Crippen LogP contribution in [0.4, 0.5) is 0 Å². The number of nitrogens with zero attached hydrogens (tertiary/aromatic N) is 2.